The van der Waals surface area contributed by atoms with Gasteiger partial charge in [0.2, 0.25) is 0 Å². The summed E-state index contributed by atoms with van der Waals surface area (Å²) < 4.78 is 5.94. The molecular weight excluding hydrogens is 424 g/mol. The van der Waals surface area contributed by atoms with Crippen molar-refractivity contribution in [1.29, 1.82) is 0 Å². The van der Waals surface area contributed by atoms with Crippen LogP contribution in [0.25, 0.3) is 0 Å². The van der Waals surface area contributed by atoms with Crippen molar-refractivity contribution in [3.63, 3.8) is 0 Å². The number of hydrogen-bond acceptors (Lipinski definition) is 1. The van der Waals surface area contributed by atoms with Gasteiger partial charge in [-0.25, -0.2) is 0 Å². The molecule has 2 aliphatic rings. The van der Waals surface area contributed by atoms with Crippen LogP contribution < -0.4 is 0 Å². The van der Waals surface area contributed by atoms with Crippen LogP contribution in [0.2, 0.25) is 0 Å². The van der Waals surface area contributed by atoms with Gasteiger partial charge >= 0.3 is 0 Å². The highest BCUT2D eigenvalue weighted by Crippen LogP contribution is 2.35. The third-order valence-electron chi connectivity index (χ3n) is 8.18. The van der Waals surface area contributed by atoms with Crippen LogP contribution in [0.15, 0.2) is 71.8 Å². The topological polar surface area (TPSA) is 9.23 Å². The number of allylic oxidation sites excluding steroid dienone is 4. The normalized spacial score (nSPS) is 20.4. The summed E-state index contributed by atoms with van der Waals surface area (Å²) in [5.41, 5.74) is 9.11. The molecule has 0 amide bonds. The molecule has 188 valence electrons. The lowest BCUT2D eigenvalue weighted by atomic mass is 9.83. The first kappa shape index (κ1) is 26.0. The molecule has 2 aliphatic carbocycles. The van der Waals surface area contributed by atoms with Crippen molar-refractivity contribution < 1.29 is 4.74 Å². The summed E-state index contributed by atoms with van der Waals surface area (Å²) in [6.07, 6.45) is 20.2. The summed E-state index contributed by atoms with van der Waals surface area (Å²) in [4.78, 5) is 0. The van der Waals surface area contributed by atoms with Crippen LogP contribution in [0, 0.1) is 13.8 Å². The maximum absolute atomic E-state index is 5.94. The van der Waals surface area contributed by atoms with Gasteiger partial charge in [-0.05, 0) is 114 Å². The zero-order valence-corrected chi connectivity index (χ0v) is 22.2. The summed E-state index contributed by atoms with van der Waals surface area (Å²) in [5.74, 6) is 1.45. The molecule has 0 aliphatic heterocycles. The molecule has 1 nitrogen and oxygen atoms in total. The molecule has 0 saturated carbocycles. The van der Waals surface area contributed by atoms with E-state index in [4.69, 9.17) is 4.74 Å². The van der Waals surface area contributed by atoms with E-state index in [1.165, 1.54) is 99.3 Å². The predicted molar refractivity (Wildman–Crippen MR) is 150 cm³/mol. The lowest BCUT2D eigenvalue weighted by Gasteiger charge is -2.22. The van der Waals surface area contributed by atoms with E-state index < -0.39 is 0 Å². The second kappa shape index (κ2) is 13.8. The number of ether oxygens (including phenoxy) is 1. The average Bonchev–Trinajstić information content (AvgIpc) is 2.89. The van der Waals surface area contributed by atoms with E-state index in [1.807, 2.05) is 0 Å². The summed E-state index contributed by atoms with van der Waals surface area (Å²) >= 11 is 0. The zero-order valence-electron chi connectivity index (χ0n) is 22.2. The Bertz CT molecular complexity index is 868. The summed E-state index contributed by atoms with van der Waals surface area (Å²) in [5, 5.41) is 0. The summed E-state index contributed by atoms with van der Waals surface area (Å²) in [7, 11) is 0. The zero-order chi connectivity index (χ0) is 24.3. The Morgan fingerprint density at radius 3 is 1.40 bits per heavy atom. The highest BCUT2D eigenvalue weighted by molar-refractivity contribution is 5.28. The molecular formula is C34H46O. The Kier molecular flexibility index (Phi) is 10.3. The highest BCUT2D eigenvalue weighted by Gasteiger charge is 2.17. The van der Waals surface area contributed by atoms with Gasteiger partial charge in [-0.3, -0.25) is 0 Å². The molecule has 0 spiro atoms. The SMILES string of the molecule is Cc1ccc(C2CC=C(CCCCOCCCCC3=CCC(c4ccc(C)cc4)CC3)CC2)cc1. The molecule has 0 N–H and O–H groups in total. The second-order valence-corrected chi connectivity index (χ2v) is 11.0. The van der Waals surface area contributed by atoms with Crippen LogP contribution in [-0.2, 0) is 4.74 Å². The minimum absolute atomic E-state index is 0.724. The quantitative estimate of drug-likeness (QED) is 0.221. The molecule has 2 aromatic carbocycles. The van der Waals surface area contributed by atoms with E-state index in [-0.39, 0.29) is 0 Å². The minimum Gasteiger partial charge on any atom is -0.381 e. The number of rotatable bonds is 12. The van der Waals surface area contributed by atoms with Crippen LogP contribution in [0.5, 0.6) is 0 Å². The maximum Gasteiger partial charge on any atom is 0.0466 e. The molecule has 0 heterocycles. The molecule has 2 unspecified atom stereocenters. The monoisotopic (exact) mass is 470 g/mol. The lowest BCUT2D eigenvalue weighted by molar-refractivity contribution is 0.126. The van der Waals surface area contributed by atoms with E-state index in [0.717, 1.165) is 25.0 Å². The van der Waals surface area contributed by atoms with Crippen molar-refractivity contribution in [3.05, 3.63) is 94.1 Å². The standard InChI is InChI=1S/C34H46O/c1-27-9-17-31(18-10-27)33-21-13-29(14-22-33)7-3-5-25-35-26-6-4-8-30-15-23-34(24-16-30)32-19-11-28(2)12-20-32/h9-13,15,17-20,33-34H,3-8,14,16,21-26H2,1-2H3. The van der Waals surface area contributed by atoms with Gasteiger partial charge in [-0.2, -0.15) is 0 Å². The first-order chi connectivity index (χ1) is 17.2. The van der Waals surface area contributed by atoms with Crippen molar-refractivity contribution in [1.82, 2.24) is 0 Å². The van der Waals surface area contributed by atoms with Gasteiger partial charge in [-0.15, -0.1) is 0 Å². The molecule has 2 atom stereocenters. The van der Waals surface area contributed by atoms with Crippen LogP contribution in [0.1, 0.15) is 111 Å². The van der Waals surface area contributed by atoms with Gasteiger partial charge in [-0.1, -0.05) is 83.0 Å². The number of hydrogen-bond donors (Lipinski definition) is 0. The largest absolute Gasteiger partial charge is 0.381 e. The molecule has 0 fully saturated rings. The maximum atomic E-state index is 5.94. The van der Waals surface area contributed by atoms with Gasteiger partial charge in [0, 0.05) is 13.2 Å². The fraction of sp³-hybridized carbons (Fsp3) is 0.529. The Balaban J connectivity index is 1.00. The number of unbranched alkanes of at least 4 members (excludes halogenated alkanes) is 2. The van der Waals surface area contributed by atoms with Gasteiger partial charge < -0.3 is 4.74 Å². The van der Waals surface area contributed by atoms with E-state index in [2.05, 4.69) is 74.5 Å². The Labute approximate surface area is 214 Å². The summed E-state index contributed by atoms with van der Waals surface area (Å²) in [6.45, 7) is 6.20. The smallest absolute Gasteiger partial charge is 0.0466 e. The molecule has 0 bridgehead atoms. The van der Waals surface area contributed by atoms with Crippen molar-refractivity contribution >= 4 is 0 Å². The van der Waals surface area contributed by atoms with Crippen molar-refractivity contribution in [2.75, 3.05) is 13.2 Å². The van der Waals surface area contributed by atoms with E-state index in [1.54, 1.807) is 11.1 Å². The van der Waals surface area contributed by atoms with Crippen LogP contribution >= 0.6 is 0 Å². The average molecular weight is 471 g/mol. The van der Waals surface area contributed by atoms with Gasteiger partial charge in [0.1, 0.15) is 0 Å². The van der Waals surface area contributed by atoms with E-state index >= 15 is 0 Å². The Morgan fingerprint density at radius 2 is 1.03 bits per heavy atom. The Morgan fingerprint density at radius 1 is 0.600 bits per heavy atom. The van der Waals surface area contributed by atoms with Gasteiger partial charge in [0.15, 0.2) is 0 Å². The predicted octanol–water partition coefficient (Wildman–Crippen LogP) is 9.75. The molecule has 35 heavy (non-hydrogen) atoms. The molecule has 0 saturated heterocycles. The highest BCUT2D eigenvalue weighted by atomic mass is 16.5. The number of benzene rings is 2. The van der Waals surface area contributed by atoms with Gasteiger partial charge in [0.05, 0.1) is 0 Å². The molecule has 1 heteroatoms. The molecule has 0 radical (unpaired) electrons. The van der Waals surface area contributed by atoms with E-state index in [9.17, 15) is 0 Å². The van der Waals surface area contributed by atoms with Crippen LogP contribution in [0.3, 0.4) is 0 Å². The Hall–Kier alpha value is -2.12. The van der Waals surface area contributed by atoms with Crippen molar-refractivity contribution in [2.45, 2.75) is 103 Å². The fourth-order valence-corrected chi connectivity index (χ4v) is 5.73. The van der Waals surface area contributed by atoms with Crippen molar-refractivity contribution in [2.24, 2.45) is 0 Å². The van der Waals surface area contributed by atoms with Gasteiger partial charge in [0.25, 0.3) is 0 Å². The molecule has 4 rings (SSSR count). The van der Waals surface area contributed by atoms with Crippen LogP contribution in [0.4, 0.5) is 0 Å². The third kappa shape index (κ3) is 8.50. The first-order valence-corrected chi connectivity index (χ1v) is 14.2. The molecule has 0 aromatic heterocycles. The van der Waals surface area contributed by atoms with Crippen LogP contribution in [-0.4, -0.2) is 13.2 Å². The molecule has 2 aromatic rings. The number of aryl methyl sites for hydroxylation is 2. The summed E-state index contributed by atoms with van der Waals surface area (Å²) in [6, 6.07) is 18.3. The lowest BCUT2D eigenvalue weighted by Crippen LogP contribution is -2.05. The second-order valence-electron chi connectivity index (χ2n) is 11.0. The fourth-order valence-electron chi connectivity index (χ4n) is 5.73. The first-order valence-electron chi connectivity index (χ1n) is 14.2. The minimum atomic E-state index is 0.724. The van der Waals surface area contributed by atoms with E-state index in [0.29, 0.717) is 0 Å². The third-order valence-corrected chi connectivity index (χ3v) is 8.18. The van der Waals surface area contributed by atoms with Crippen molar-refractivity contribution in [3.8, 4) is 0 Å².